The summed E-state index contributed by atoms with van der Waals surface area (Å²) >= 11 is 0. The van der Waals surface area contributed by atoms with Crippen LogP contribution in [0, 0.1) is 0 Å². The van der Waals surface area contributed by atoms with Crippen molar-refractivity contribution in [1.82, 2.24) is 15.5 Å². The number of fused-ring (bicyclic) bond motifs is 1. The minimum absolute atomic E-state index is 0. The molecule has 0 radical (unpaired) electrons. The van der Waals surface area contributed by atoms with E-state index in [2.05, 4.69) is 33.8 Å². The second kappa shape index (κ2) is 10.9. The number of carbonyl (C=O) groups excluding carboxylic acids is 1. The maximum atomic E-state index is 12.6. The molecule has 28 heavy (non-hydrogen) atoms. The zero-order valence-electron chi connectivity index (χ0n) is 16.3. The van der Waals surface area contributed by atoms with E-state index in [1.54, 1.807) is 14.2 Å². The second-order valence-corrected chi connectivity index (χ2v) is 6.43. The van der Waals surface area contributed by atoms with Crippen molar-refractivity contribution in [3.8, 4) is 5.75 Å². The van der Waals surface area contributed by atoms with Gasteiger partial charge in [0.15, 0.2) is 5.96 Å². The number of ether oxygens (including phenoxy) is 1. The van der Waals surface area contributed by atoms with Crippen LogP contribution in [-0.4, -0.2) is 44.0 Å². The lowest BCUT2D eigenvalue weighted by molar-refractivity contribution is -0.130. The number of nitrogens with zero attached hydrogens (tertiary/aromatic N) is 2. The van der Waals surface area contributed by atoms with Crippen molar-refractivity contribution >= 4 is 35.8 Å². The van der Waals surface area contributed by atoms with Gasteiger partial charge in [-0.15, -0.1) is 24.0 Å². The smallest absolute Gasteiger partial charge is 0.242 e. The number of rotatable bonds is 5. The van der Waals surface area contributed by atoms with Crippen molar-refractivity contribution in [2.45, 2.75) is 19.5 Å². The topological polar surface area (TPSA) is 66.0 Å². The summed E-state index contributed by atoms with van der Waals surface area (Å²) in [6, 6.07) is 16.1. The third-order valence-corrected chi connectivity index (χ3v) is 4.75. The molecule has 2 N–H and O–H groups in total. The second-order valence-electron chi connectivity index (χ2n) is 6.43. The predicted molar refractivity (Wildman–Crippen MR) is 122 cm³/mol. The van der Waals surface area contributed by atoms with E-state index in [0.29, 0.717) is 19.0 Å². The van der Waals surface area contributed by atoms with Crippen molar-refractivity contribution in [3.63, 3.8) is 0 Å². The first-order valence-electron chi connectivity index (χ1n) is 9.12. The quantitative estimate of drug-likeness (QED) is 0.381. The summed E-state index contributed by atoms with van der Waals surface area (Å²) in [4.78, 5) is 18.6. The van der Waals surface area contributed by atoms with E-state index in [0.717, 1.165) is 24.3 Å². The molecule has 0 aliphatic carbocycles. The lowest BCUT2D eigenvalue weighted by atomic mass is 10.00. The van der Waals surface area contributed by atoms with E-state index in [4.69, 9.17) is 4.74 Å². The van der Waals surface area contributed by atoms with Crippen LogP contribution < -0.4 is 15.4 Å². The predicted octanol–water partition coefficient (Wildman–Crippen LogP) is 2.56. The van der Waals surface area contributed by atoms with Crippen LogP contribution in [0.2, 0.25) is 0 Å². The van der Waals surface area contributed by atoms with Crippen LogP contribution in [0.1, 0.15) is 16.7 Å². The summed E-state index contributed by atoms with van der Waals surface area (Å²) < 4.78 is 5.36. The fourth-order valence-corrected chi connectivity index (χ4v) is 3.23. The van der Waals surface area contributed by atoms with E-state index in [-0.39, 0.29) is 36.4 Å². The van der Waals surface area contributed by atoms with Gasteiger partial charge in [-0.1, -0.05) is 42.5 Å². The molecule has 3 rings (SSSR count). The highest BCUT2D eigenvalue weighted by Gasteiger charge is 2.20. The molecule has 0 unspecified atom stereocenters. The molecule has 0 fully saturated rings. The summed E-state index contributed by atoms with van der Waals surface area (Å²) in [6.45, 7) is 2.21. The Morgan fingerprint density at radius 1 is 1.11 bits per heavy atom. The highest BCUT2D eigenvalue weighted by atomic mass is 127. The van der Waals surface area contributed by atoms with Crippen LogP contribution >= 0.6 is 24.0 Å². The van der Waals surface area contributed by atoms with Crippen molar-refractivity contribution in [1.29, 1.82) is 0 Å². The van der Waals surface area contributed by atoms with Gasteiger partial charge in [-0.3, -0.25) is 9.79 Å². The first-order chi connectivity index (χ1) is 13.2. The van der Waals surface area contributed by atoms with Gasteiger partial charge in [0.25, 0.3) is 0 Å². The lowest BCUT2D eigenvalue weighted by Gasteiger charge is -2.29. The minimum Gasteiger partial charge on any atom is -0.496 e. The summed E-state index contributed by atoms with van der Waals surface area (Å²) in [5, 5.41) is 6.33. The largest absolute Gasteiger partial charge is 0.496 e. The molecule has 0 aromatic heterocycles. The molecule has 2 aromatic carbocycles. The Hall–Kier alpha value is -2.29. The van der Waals surface area contributed by atoms with Gasteiger partial charge in [0, 0.05) is 32.2 Å². The Balaban J connectivity index is 0.00000280. The van der Waals surface area contributed by atoms with Crippen LogP contribution in [0.3, 0.4) is 0 Å². The van der Waals surface area contributed by atoms with Gasteiger partial charge in [0.1, 0.15) is 5.75 Å². The Labute approximate surface area is 183 Å². The number of guanidine groups is 1. The average molecular weight is 494 g/mol. The third kappa shape index (κ3) is 5.60. The molecular weight excluding hydrogens is 467 g/mol. The first kappa shape index (κ1) is 22.0. The Morgan fingerprint density at radius 2 is 1.82 bits per heavy atom. The third-order valence-electron chi connectivity index (χ3n) is 4.75. The molecule has 0 saturated heterocycles. The molecule has 0 saturated carbocycles. The van der Waals surface area contributed by atoms with Crippen LogP contribution in [-0.2, 0) is 24.3 Å². The average Bonchev–Trinajstić information content (AvgIpc) is 2.73. The molecule has 1 heterocycles. The normalized spacial score (nSPS) is 13.2. The Morgan fingerprint density at radius 3 is 2.57 bits per heavy atom. The van der Waals surface area contributed by atoms with Crippen molar-refractivity contribution in [3.05, 3.63) is 65.2 Å². The molecule has 0 bridgehead atoms. The highest BCUT2D eigenvalue weighted by Crippen LogP contribution is 2.18. The summed E-state index contributed by atoms with van der Waals surface area (Å²) in [5.74, 6) is 1.49. The van der Waals surface area contributed by atoms with Crippen molar-refractivity contribution in [2.24, 2.45) is 4.99 Å². The zero-order valence-corrected chi connectivity index (χ0v) is 18.6. The molecule has 0 atom stereocenters. The Kier molecular flexibility index (Phi) is 8.56. The molecule has 150 valence electrons. The molecule has 0 spiro atoms. The van der Waals surface area contributed by atoms with Crippen LogP contribution in [0.4, 0.5) is 0 Å². The van der Waals surface area contributed by atoms with Gasteiger partial charge < -0.3 is 20.3 Å². The van der Waals surface area contributed by atoms with Crippen molar-refractivity contribution in [2.75, 3.05) is 27.2 Å². The number of hydrogen-bond acceptors (Lipinski definition) is 3. The van der Waals surface area contributed by atoms with Gasteiger partial charge in [0.2, 0.25) is 5.91 Å². The number of benzene rings is 2. The summed E-state index contributed by atoms with van der Waals surface area (Å²) in [5.41, 5.74) is 3.60. The number of nitrogens with one attached hydrogen (secondary N) is 2. The van der Waals surface area contributed by atoms with Crippen LogP contribution in [0.15, 0.2) is 53.5 Å². The maximum absolute atomic E-state index is 12.6. The lowest BCUT2D eigenvalue weighted by Crippen LogP contribution is -2.45. The SMILES string of the molecule is CN=C(NCC(=O)N1CCc2ccccc2C1)NCc1ccccc1OC.I. The van der Waals surface area contributed by atoms with Gasteiger partial charge >= 0.3 is 0 Å². The number of aliphatic imine (C=N–C) groups is 1. The van der Waals surface area contributed by atoms with E-state index in [9.17, 15) is 4.79 Å². The van der Waals surface area contributed by atoms with E-state index < -0.39 is 0 Å². The zero-order chi connectivity index (χ0) is 19.1. The fraction of sp³-hybridized carbons (Fsp3) is 0.333. The summed E-state index contributed by atoms with van der Waals surface area (Å²) in [6.07, 6.45) is 0.905. The van der Waals surface area contributed by atoms with Crippen molar-refractivity contribution < 1.29 is 9.53 Å². The molecule has 7 heteroatoms. The molecule has 1 aliphatic rings. The van der Waals surface area contributed by atoms with E-state index >= 15 is 0 Å². The number of carbonyl (C=O) groups is 1. The van der Waals surface area contributed by atoms with Gasteiger partial charge in [-0.05, 0) is 23.6 Å². The number of halogens is 1. The van der Waals surface area contributed by atoms with Crippen LogP contribution in [0.5, 0.6) is 5.75 Å². The van der Waals surface area contributed by atoms with Crippen LogP contribution in [0.25, 0.3) is 0 Å². The van der Waals surface area contributed by atoms with E-state index in [1.165, 1.54) is 11.1 Å². The van der Waals surface area contributed by atoms with E-state index in [1.807, 2.05) is 35.2 Å². The number of methoxy groups -OCH3 is 1. The highest BCUT2D eigenvalue weighted by molar-refractivity contribution is 14.0. The molecule has 2 aromatic rings. The number of amides is 1. The minimum atomic E-state index is 0. The van der Waals surface area contributed by atoms with Gasteiger partial charge in [-0.2, -0.15) is 0 Å². The van der Waals surface area contributed by atoms with Gasteiger partial charge in [0.05, 0.1) is 13.7 Å². The molecule has 6 nitrogen and oxygen atoms in total. The first-order valence-corrected chi connectivity index (χ1v) is 9.12. The molecule has 1 aliphatic heterocycles. The molecule has 1 amide bonds. The number of hydrogen-bond donors (Lipinski definition) is 2. The fourth-order valence-electron chi connectivity index (χ4n) is 3.23. The standard InChI is InChI=1S/C21H26N4O2.HI/c1-22-21(23-13-17-8-5-6-10-19(17)27-2)24-14-20(26)25-12-11-16-7-3-4-9-18(16)15-25;/h3-10H,11-15H2,1-2H3,(H2,22,23,24);1H. The maximum Gasteiger partial charge on any atom is 0.242 e. The summed E-state index contributed by atoms with van der Waals surface area (Å²) in [7, 11) is 3.35. The Bertz CT molecular complexity index is 826. The number of para-hydroxylation sites is 1. The van der Waals surface area contributed by atoms with Gasteiger partial charge in [-0.25, -0.2) is 0 Å². The molecular formula is C21H27IN4O2. The monoisotopic (exact) mass is 494 g/mol.